The monoisotopic (exact) mass is 338 g/mol. The number of ether oxygens (including phenoxy) is 1. The Bertz CT molecular complexity index is 1060. The molecule has 2 aromatic carbocycles. The molecule has 0 saturated carbocycles. The van der Waals surface area contributed by atoms with E-state index in [9.17, 15) is 4.79 Å². The van der Waals surface area contributed by atoms with Crippen LogP contribution in [0.4, 0.5) is 5.69 Å². The summed E-state index contributed by atoms with van der Waals surface area (Å²) in [7, 11) is 1.57. The average Bonchev–Trinajstić information content (AvgIpc) is 3.16. The molecule has 0 fully saturated rings. The molecule has 0 atom stereocenters. The Hall–Kier alpha value is -2.86. The van der Waals surface area contributed by atoms with Gasteiger partial charge in [-0.25, -0.2) is 4.98 Å². The molecular formula is C18H14N2O3S. The third-order valence-corrected chi connectivity index (χ3v) is 4.64. The summed E-state index contributed by atoms with van der Waals surface area (Å²) in [5.74, 6) is 0.553. The SMILES string of the molecule is COc1cccc2cc(C(=O)Nc3ccc4nc(C)sc4c3)oc12. The Kier molecular flexibility index (Phi) is 3.46. The van der Waals surface area contributed by atoms with Crippen LogP contribution in [-0.2, 0) is 0 Å². The Morgan fingerprint density at radius 2 is 2.12 bits per heavy atom. The van der Waals surface area contributed by atoms with E-state index in [4.69, 9.17) is 9.15 Å². The summed E-state index contributed by atoms with van der Waals surface area (Å²) in [6, 6.07) is 12.9. The van der Waals surface area contributed by atoms with Crippen LogP contribution in [0.5, 0.6) is 5.75 Å². The fourth-order valence-electron chi connectivity index (χ4n) is 2.62. The Balaban J connectivity index is 1.65. The van der Waals surface area contributed by atoms with Gasteiger partial charge < -0.3 is 14.5 Å². The maximum Gasteiger partial charge on any atom is 0.291 e. The summed E-state index contributed by atoms with van der Waals surface area (Å²) in [5.41, 5.74) is 2.21. The molecule has 2 aromatic heterocycles. The first-order chi connectivity index (χ1) is 11.6. The van der Waals surface area contributed by atoms with Crippen LogP contribution in [0.25, 0.3) is 21.2 Å². The number of carbonyl (C=O) groups excluding carboxylic acids is 1. The molecule has 4 rings (SSSR count). The molecule has 1 amide bonds. The minimum absolute atomic E-state index is 0.245. The largest absolute Gasteiger partial charge is 0.493 e. The van der Waals surface area contributed by atoms with Gasteiger partial charge in [0.25, 0.3) is 5.91 Å². The zero-order chi connectivity index (χ0) is 16.7. The lowest BCUT2D eigenvalue weighted by atomic mass is 10.2. The fourth-order valence-corrected chi connectivity index (χ4v) is 3.49. The maximum absolute atomic E-state index is 12.5. The Morgan fingerprint density at radius 3 is 2.96 bits per heavy atom. The molecule has 0 unspecified atom stereocenters. The van der Waals surface area contributed by atoms with Crippen molar-refractivity contribution in [3.05, 3.63) is 53.2 Å². The number of benzene rings is 2. The zero-order valence-corrected chi connectivity index (χ0v) is 13.9. The second-order valence-corrected chi connectivity index (χ2v) is 6.59. The van der Waals surface area contributed by atoms with Crippen molar-refractivity contribution in [1.29, 1.82) is 0 Å². The van der Waals surface area contributed by atoms with Crippen molar-refractivity contribution in [2.45, 2.75) is 6.92 Å². The summed E-state index contributed by atoms with van der Waals surface area (Å²) >= 11 is 1.60. The molecule has 0 aliphatic carbocycles. The van der Waals surface area contributed by atoms with E-state index in [1.807, 2.05) is 37.3 Å². The number of aromatic nitrogens is 1. The predicted molar refractivity (Wildman–Crippen MR) is 95.1 cm³/mol. The standard InChI is InChI=1S/C18H14N2O3S/c1-10-19-13-7-6-12(9-16(13)24-10)20-18(21)15-8-11-4-3-5-14(22-2)17(11)23-15/h3-9H,1-2H3,(H,20,21). The highest BCUT2D eigenvalue weighted by Crippen LogP contribution is 2.29. The van der Waals surface area contributed by atoms with E-state index >= 15 is 0 Å². The van der Waals surface area contributed by atoms with Gasteiger partial charge in [-0.05, 0) is 37.3 Å². The van der Waals surface area contributed by atoms with E-state index in [1.165, 1.54) is 0 Å². The second kappa shape index (κ2) is 5.65. The van der Waals surface area contributed by atoms with E-state index in [2.05, 4.69) is 10.3 Å². The number of nitrogens with one attached hydrogen (secondary N) is 1. The molecule has 120 valence electrons. The molecule has 0 aliphatic rings. The van der Waals surface area contributed by atoms with Crippen LogP contribution in [0, 0.1) is 6.92 Å². The van der Waals surface area contributed by atoms with Gasteiger partial charge in [-0.15, -0.1) is 11.3 Å². The summed E-state index contributed by atoms with van der Waals surface area (Å²) < 4.78 is 12.0. The highest BCUT2D eigenvalue weighted by molar-refractivity contribution is 7.18. The molecule has 5 nitrogen and oxygen atoms in total. The summed E-state index contributed by atoms with van der Waals surface area (Å²) in [6.45, 7) is 1.96. The van der Waals surface area contributed by atoms with Crippen molar-refractivity contribution in [1.82, 2.24) is 4.98 Å². The Labute approximate surface area is 141 Å². The van der Waals surface area contributed by atoms with Gasteiger partial charge in [-0.2, -0.15) is 0 Å². The van der Waals surface area contributed by atoms with E-state index in [1.54, 1.807) is 30.6 Å². The van der Waals surface area contributed by atoms with Crippen LogP contribution >= 0.6 is 11.3 Å². The van der Waals surface area contributed by atoms with E-state index in [-0.39, 0.29) is 11.7 Å². The molecular weight excluding hydrogens is 324 g/mol. The first kappa shape index (κ1) is 14.7. The van der Waals surface area contributed by atoms with Crippen LogP contribution < -0.4 is 10.1 Å². The number of para-hydroxylation sites is 1. The highest BCUT2D eigenvalue weighted by Gasteiger charge is 2.15. The zero-order valence-electron chi connectivity index (χ0n) is 13.1. The lowest BCUT2D eigenvalue weighted by Gasteiger charge is -2.02. The van der Waals surface area contributed by atoms with Crippen LogP contribution in [0.1, 0.15) is 15.6 Å². The quantitative estimate of drug-likeness (QED) is 0.592. The molecule has 4 aromatic rings. The Morgan fingerprint density at radius 1 is 1.25 bits per heavy atom. The van der Waals surface area contributed by atoms with E-state index in [0.29, 0.717) is 17.0 Å². The number of aryl methyl sites for hydroxylation is 1. The third-order valence-electron chi connectivity index (χ3n) is 3.70. The summed E-state index contributed by atoms with van der Waals surface area (Å²) in [5, 5.41) is 4.69. The molecule has 6 heteroatoms. The van der Waals surface area contributed by atoms with Crippen molar-refractivity contribution in [3.63, 3.8) is 0 Å². The smallest absolute Gasteiger partial charge is 0.291 e. The molecule has 0 aliphatic heterocycles. The van der Waals surface area contributed by atoms with Gasteiger partial charge in [0.1, 0.15) is 0 Å². The number of nitrogens with zero attached hydrogens (tertiary/aromatic N) is 1. The van der Waals surface area contributed by atoms with Crippen molar-refractivity contribution in [2.24, 2.45) is 0 Å². The molecule has 0 spiro atoms. The molecule has 0 radical (unpaired) electrons. The summed E-state index contributed by atoms with van der Waals surface area (Å²) in [6.07, 6.45) is 0. The number of methoxy groups -OCH3 is 1. The van der Waals surface area contributed by atoms with Gasteiger partial charge in [0.2, 0.25) is 0 Å². The first-order valence-corrected chi connectivity index (χ1v) is 8.21. The minimum atomic E-state index is -0.297. The van der Waals surface area contributed by atoms with Gasteiger partial charge in [0.05, 0.1) is 22.3 Å². The number of rotatable bonds is 3. The van der Waals surface area contributed by atoms with Gasteiger partial charge in [-0.3, -0.25) is 4.79 Å². The van der Waals surface area contributed by atoms with Crippen molar-refractivity contribution in [3.8, 4) is 5.75 Å². The average molecular weight is 338 g/mol. The topological polar surface area (TPSA) is 64.4 Å². The predicted octanol–water partition coefficient (Wildman–Crippen LogP) is 4.61. The third kappa shape index (κ3) is 2.51. The van der Waals surface area contributed by atoms with Gasteiger partial charge >= 0.3 is 0 Å². The van der Waals surface area contributed by atoms with E-state index in [0.717, 1.165) is 20.6 Å². The van der Waals surface area contributed by atoms with Crippen LogP contribution in [0.15, 0.2) is 46.9 Å². The van der Waals surface area contributed by atoms with Gasteiger partial charge in [0.15, 0.2) is 17.1 Å². The van der Waals surface area contributed by atoms with Crippen LogP contribution in [-0.4, -0.2) is 18.0 Å². The lowest BCUT2D eigenvalue weighted by Crippen LogP contribution is -2.10. The second-order valence-electron chi connectivity index (χ2n) is 5.36. The van der Waals surface area contributed by atoms with Crippen molar-refractivity contribution >= 4 is 44.1 Å². The fraction of sp³-hybridized carbons (Fsp3) is 0.111. The first-order valence-electron chi connectivity index (χ1n) is 7.39. The molecule has 24 heavy (non-hydrogen) atoms. The number of carbonyl (C=O) groups is 1. The summed E-state index contributed by atoms with van der Waals surface area (Å²) in [4.78, 5) is 16.9. The minimum Gasteiger partial charge on any atom is -0.493 e. The molecule has 1 N–H and O–H groups in total. The number of thiazole rings is 1. The number of anilines is 1. The molecule has 2 heterocycles. The lowest BCUT2D eigenvalue weighted by molar-refractivity contribution is 0.0998. The maximum atomic E-state index is 12.5. The number of amides is 1. The molecule has 0 bridgehead atoms. The highest BCUT2D eigenvalue weighted by atomic mass is 32.1. The normalized spacial score (nSPS) is 11.1. The van der Waals surface area contributed by atoms with Gasteiger partial charge in [0, 0.05) is 11.1 Å². The number of fused-ring (bicyclic) bond motifs is 2. The van der Waals surface area contributed by atoms with Gasteiger partial charge in [-0.1, -0.05) is 12.1 Å². The van der Waals surface area contributed by atoms with Crippen LogP contribution in [0.3, 0.4) is 0 Å². The van der Waals surface area contributed by atoms with E-state index < -0.39 is 0 Å². The number of hydrogen-bond donors (Lipinski definition) is 1. The molecule has 0 saturated heterocycles. The van der Waals surface area contributed by atoms with Crippen molar-refractivity contribution < 1.29 is 13.9 Å². The number of furan rings is 1. The number of hydrogen-bond acceptors (Lipinski definition) is 5. The van der Waals surface area contributed by atoms with Crippen molar-refractivity contribution in [2.75, 3.05) is 12.4 Å². The van der Waals surface area contributed by atoms with Crippen LogP contribution in [0.2, 0.25) is 0 Å².